The number of anilines is 1. The lowest BCUT2D eigenvalue weighted by atomic mass is 9.89. The van der Waals surface area contributed by atoms with Crippen molar-refractivity contribution in [2.75, 3.05) is 18.0 Å². The first-order chi connectivity index (χ1) is 13.0. The van der Waals surface area contributed by atoms with Gasteiger partial charge < -0.3 is 10.6 Å². The lowest BCUT2D eigenvalue weighted by Gasteiger charge is -2.32. The van der Waals surface area contributed by atoms with E-state index in [0.29, 0.717) is 5.78 Å². The molecule has 1 saturated carbocycles. The highest BCUT2D eigenvalue weighted by Gasteiger charge is 2.36. The van der Waals surface area contributed by atoms with Gasteiger partial charge in [0.05, 0.1) is 0 Å². The first-order valence-corrected chi connectivity index (χ1v) is 9.89. The van der Waals surface area contributed by atoms with Gasteiger partial charge in [0.25, 0.3) is 0 Å². The molecule has 1 aliphatic carbocycles. The van der Waals surface area contributed by atoms with E-state index >= 15 is 0 Å². The topological polar surface area (TPSA) is 93.6 Å². The molecule has 2 atom stereocenters. The Balaban J connectivity index is 1.57. The fourth-order valence-corrected chi connectivity index (χ4v) is 3.94. The second kappa shape index (κ2) is 6.94. The monoisotopic (exact) mass is 369 g/mol. The molecule has 2 aromatic rings. The second-order valence-corrected chi connectivity index (χ2v) is 8.04. The Kier molecular flexibility index (Phi) is 4.61. The molecule has 2 aliphatic rings. The number of pyridine rings is 1. The number of hydrogen-bond acceptors (Lipinski definition) is 5. The smallest absolute Gasteiger partial charge is 0.220 e. The summed E-state index contributed by atoms with van der Waals surface area (Å²) in [6, 6.07) is 5.95. The third-order valence-electron chi connectivity index (χ3n) is 6.16. The van der Waals surface area contributed by atoms with Gasteiger partial charge in [-0.05, 0) is 37.8 Å². The summed E-state index contributed by atoms with van der Waals surface area (Å²) < 4.78 is 1.87. The zero-order valence-electron chi connectivity index (χ0n) is 16.0. The van der Waals surface area contributed by atoms with Gasteiger partial charge in [0, 0.05) is 36.8 Å². The molecule has 0 aromatic carbocycles. The molecule has 4 rings (SSSR count). The number of nitrogens with zero attached hydrogens (tertiary/aromatic N) is 4. The number of hydrogen-bond donors (Lipinski definition) is 1. The van der Waals surface area contributed by atoms with E-state index in [2.05, 4.69) is 4.90 Å². The average Bonchev–Trinajstić information content (AvgIpc) is 3.44. The van der Waals surface area contributed by atoms with Crippen LogP contribution in [0.3, 0.4) is 0 Å². The highest BCUT2D eigenvalue weighted by Crippen LogP contribution is 2.36. The molecule has 27 heavy (non-hydrogen) atoms. The molecule has 0 bridgehead atoms. The van der Waals surface area contributed by atoms with Crippen molar-refractivity contribution in [2.24, 2.45) is 23.5 Å². The Morgan fingerprint density at radius 2 is 1.81 bits per heavy atom. The van der Waals surface area contributed by atoms with E-state index in [4.69, 9.17) is 15.8 Å². The molecular weight excluding hydrogens is 342 g/mol. The van der Waals surface area contributed by atoms with E-state index in [0.717, 1.165) is 56.1 Å². The summed E-state index contributed by atoms with van der Waals surface area (Å²) in [6.07, 6.45) is 3.58. The van der Waals surface area contributed by atoms with Gasteiger partial charge in [0.15, 0.2) is 11.5 Å². The summed E-state index contributed by atoms with van der Waals surface area (Å²) in [5, 5.41) is 4.75. The van der Waals surface area contributed by atoms with Crippen LogP contribution in [-0.4, -0.2) is 39.4 Å². The van der Waals surface area contributed by atoms with Gasteiger partial charge >= 0.3 is 0 Å². The molecule has 2 fully saturated rings. The van der Waals surface area contributed by atoms with Gasteiger partial charge in [-0.2, -0.15) is 4.52 Å². The van der Waals surface area contributed by atoms with Gasteiger partial charge in [-0.1, -0.05) is 19.9 Å². The van der Waals surface area contributed by atoms with Crippen LogP contribution in [0.1, 0.15) is 51.3 Å². The van der Waals surface area contributed by atoms with Crippen molar-refractivity contribution in [2.45, 2.75) is 45.4 Å². The van der Waals surface area contributed by atoms with E-state index in [9.17, 15) is 9.59 Å². The molecule has 2 unspecified atom stereocenters. The molecule has 1 saturated heterocycles. The fraction of sp³-hybridized carbons (Fsp3) is 0.600. The van der Waals surface area contributed by atoms with Crippen molar-refractivity contribution in [3.63, 3.8) is 0 Å². The number of amides is 1. The van der Waals surface area contributed by atoms with Crippen LogP contribution in [0.15, 0.2) is 18.2 Å². The maximum atomic E-state index is 12.4. The quantitative estimate of drug-likeness (QED) is 0.842. The van der Waals surface area contributed by atoms with Crippen LogP contribution in [0.25, 0.3) is 5.65 Å². The highest BCUT2D eigenvalue weighted by molar-refractivity contribution is 5.85. The first-order valence-electron chi connectivity index (χ1n) is 9.89. The van der Waals surface area contributed by atoms with Crippen LogP contribution in [0, 0.1) is 17.8 Å². The summed E-state index contributed by atoms with van der Waals surface area (Å²) in [5.74, 6) is 1.96. The zero-order chi connectivity index (χ0) is 19.1. The van der Waals surface area contributed by atoms with E-state index in [1.165, 1.54) is 0 Å². The molecular formula is C20H27N5O2. The summed E-state index contributed by atoms with van der Waals surface area (Å²) in [6.45, 7) is 5.58. The molecule has 144 valence electrons. The predicted molar refractivity (Wildman–Crippen MR) is 102 cm³/mol. The Morgan fingerprint density at radius 3 is 2.44 bits per heavy atom. The average molecular weight is 369 g/mol. The normalized spacial score (nSPS) is 20.6. The van der Waals surface area contributed by atoms with Crippen LogP contribution in [-0.2, 0) is 9.59 Å². The number of aromatic nitrogens is 3. The van der Waals surface area contributed by atoms with Gasteiger partial charge in [0.2, 0.25) is 5.91 Å². The molecule has 0 radical (unpaired) electrons. The van der Waals surface area contributed by atoms with Crippen molar-refractivity contribution >= 4 is 23.2 Å². The largest absolute Gasteiger partial charge is 0.369 e. The number of carbonyl (C=O) groups excluding carboxylic acids is 2. The molecule has 2 N–H and O–H groups in total. The van der Waals surface area contributed by atoms with Crippen molar-refractivity contribution < 1.29 is 9.59 Å². The summed E-state index contributed by atoms with van der Waals surface area (Å²) in [5.41, 5.74) is 6.23. The number of ketones is 1. The maximum Gasteiger partial charge on any atom is 0.220 e. The van der Waals surface area contributed by atoms with Crippen LogP contribution in [0.2, 0.25) is 0 Å². The number of carbonyl (C=O) groups is 2. The summed E-state index contributed by atoms with van der Waals surface area (Å²) >= 11 is 0. The maximum absolute atomic E-state index is 12.4. The van der Waals surface area contributed by atoms with Crippen LogP contribution in [0.4, 0.5) is 5.82 Å². The Hall–Kier alpha value is -2.44. The highest BCUT2D eigenvalue weighted by atomic mass is 16.1. The number of primary amides is 1. The molecule has 1 amide bonds. The van der Waals surface area contributed by atoms with E-state index in [1.54, 1.807) is 0 Å². The van der Waals surface area contributed by atoms with Crippen LogP contribution >= 0.6 is 0 Å². The second-order valence-electron chi connectivity index (χ2n) is 8.04. The fourth-order valence-electron chi connectivity index (χ4n) is 3.94. The third kappa shape index (κ3) is 3.42. The predicted octanol–water partition coefficient (Wildman–Crippen LogP) is 2.15. The van der Waals surface area contributed by atoms with Crippen molar-refractivity contribution in [3.05, 3.63) is 24.0 Å². The number of fused-ring (bicyclic) bond motifs is 1. The van der Waals surface area contributed by atoms with Gasteiger partial charge in [0.1, 0.15) is 11.6 Å². The molecule has 0 spiro atoms. The Bertz CT molecular complexity index is 864. The van der Waals surface area contributed by atoms with E-state index in [-0.39, 0.29) is 29.6 Å². The van der Waals surface area contributed by atoms with Crippen molar-refractivity contribution in [1.82, 2.24) is 14.6 Å². The van der Waals surface area contributed by atoms with Gasteiger partial charge in [-0.25, -0.2) is 4.98 Å². The number of piperidine rings is 1. The Morgan fingerprint density at radius 1 is 1.11 bits per heavy atom. The minimum absolute atomic E-state index is 0.00792. The minimum atomic E-state index is -0.209. The van der Waals surface area contributed by atoms with Crippen LogP contribution < -0.4 is 10.6 Å². The molecule has 1 aliphatic heterocycles. The standard InChI is InChI=1S/C20H27N5O2/c1-12(18(26)14-6-7-14)13(2)20-22-16-4-3-5-17(25(16)23-20)24-10-8-15(9-11-24)19(21)27/h3-5,12-15H,6-11H2,1-2H3,(H2,21,27). The number of nitrogens with two attached hydrogens (primary N) is 1. The summed E-state index contributed by atoms with van der Waals surface area (Å²) in [4.78, 5) is 30.8. The first kappa shape index (κ1) is 17.9. The molecule has 3 heterocycles. The lowest BCUT2D eigenvalue weighted by Crippen LogP contribution is -2.39. The van der Waals surface area contributed by atoms with Gasteiger partial charge in [-0.3, -0.25) is 9.59 Å². The Labute approximate surface area is 158 Å². The molecule has 7 nitrogen and oxygen atoms in total. The molecule has 2 aromatic heterocycles. The third-order valence-corrected chi connectivity index (χ3v) is 6.16. The minimum Gasteiger partial charge on any atom is -0.369 e. The number of rotatable bonds is 6. The van der Waals surface area contributed by atoms with E-state index in [1.807, 2.05) is 36.6 Å². The van der Waals surface area contributed by atoms with E-state index < -0.39 is 0 Å². The van der Waals surface area contributed by atoms with Crippen molar-refractivity contribution in [3.8, 4) is 0 Å². The van der Waals surface area contributed by atoms with Gasteiger partial charge in [-0.15, -0.1) is 5.10 Å². The number of Topliss-reactive ketones (excluding diaryl/α,β-unsaturated/α-hetero) is 1. The molecule has 7 heteroatoms. The zero-order valence-corrected chi connectivity index (χ0v) is 16.0. The van der Waals surface area contributed by atoms with Crippen molar-refractivity contribution in [1.29, 1.82) is 0 Å². The SMILES string of the molecule is CC(C(=O)C1CC1)C(C)c1nc2cccc(N3CCC(C(N)=O)CC3)n2n1. The summed E-state index contributed by atoms with van der Waals surface area (Å²) in [7, 11) is 0. The lowest BCUT2D eigenvalue weighted by molar-refractivity contribution is -0.124. The van der Waals surface area contributed by atoms with Crippen LogP contribution in [0.5, 0.6) is 0 Å².